The van der Waals surface area contributed by atoms with Gasteiger partial charge in [0.1, 0.15) is 5.82 Å². The first kappa shape index (κ1) is 8.23. The molecule has 110 valence electrons. The molecule has 1 heterocycles. The molecule has 1 aromatic heterocycles. The SMILES string of the molecule is [2H]C([2H])([2H])C([2H])([2H])C([2H])([2H])c1c(-c2ccccc2)ccnc1-c1ccccc1F. The van der Waals surface area contributed by atoms with Crippen molar-refractivity contribution in [3.05, 3.63) is 78.2 Å². The van der Waals surface area contributed by atoms with Crippen molar-refractivity contribution >= 4 is 0 Å². The standard InChI is InChI=1S/C20H18FN/c1-2-8-17-16(15-9-4-3-5-10-15)13-14-22-20(17)18-11-6-7-12-19(18)21/h3-7,9-14H,2,8H2,1H3/i1D3,2D2,8D2. The highest BCUT2D eigenvalue weighted by molar-refractivity contribution is 5.76. The van der Waals surface area contributed by atoms with Gasteiger partial charge in [-0.15, -0.1) is 0 Å². The fraction of sp³-hybridized carbons (Fsp3) is 0.150. The van der Waals surface area contributed by atoms with Gasteiger partial charge in [-0.2, -0.15) is 0 Å². The Bertz CT molecular complexity index is 1020. The zero-order chi connectivity index (χ0) is 21.4. The van der Waals surface area contributed by atoms with Gasteiger partial charge in [-0.05, 0) is 41.3 Å². The molecule has 2 aromatic carbocycles. The summed E-state index contributed by atoms with van der Waals surface area (Å²) in [5.74, 6) is -0.670. The monoisotopic (exact) mass is 298 g/mol. The third-order valence-electron chi connectivity index (χ3n) is 3.35. The lowest BCUT2D eigenvalue weighted by atomic mass is 9.93. The minimum Gasteiger partial charge on any atom is -0.256 e. The van der Waals surface area contributed by atoms with Crippen LogP contribution in [0.1, 0.15) is 28.4 Å². The number of aromatic nitrogens is 1. The molecule has 0 radical (unpaired) electrons. The van der Waals surface area contributed by atoms with Crippen molar-refractivity contribution < 1.29 is 14.0 Å². The van der Waals surface area contributed by atoms with Gasteiger partial charge in [0, 0.05) is 21.4 Å². The topological polar surface area (TPSA) is 12.9 Å². The number of nitrogens with zero attached hydrogens (tertiary/aromatic N) is 1. The van der Waals surface area contributed by atoms with Gasteiger partial charge in [-0.25, -0.2) is 4.39 Å². The fourth-order valence-electron chi connectivity index (χ4n) is 2.37. The number of hydrogen-bond acceptors (Lipinski definition) is 1. The fourth-order valence-corrected chi connectivity index (χ4v) is 2.37. The summed E-state index contributed by atoms with van der Waals surface area (Å²) in [7, 11) is 0. The van der Waals surface area contributed by atoms with E-state index in [0.29, 0.717) is 5.56 Å². The van der Waals surface area contributed by atoms with E-state index in [1.54, 1.807) is 36.4 Å². The average Bonchev–Trinajstić information content (AvgIpc) is 2.67. The lowest BCUT2D eigenvalue weighted by molar-refractivity contribution is 0.630. The highest BCUT2D eigenvalue weighted by atomic mass is 19.1. The number of hydrogen-bond donors (Lipinski definition) is 0. The molecular formula is C20H18FN. The van der Waals surface area contributed by atoms with E-state index in [4.69, 9.17) is 9.60 Å². The van der Waals surface area contributed by atoms with Crippen molar-refractivity contribution in [3.8, 4) is 22.4 Å². The molecule has 0 saturated carbocycles. The van der Waals surface area contributed by atoms with E-state index < -0.39 is 25.4 Å². The molecule has 22 heavy (non-hydrogen) atoms. The summed E-state index contributed by atoms with van der Waals surface area (Å²) in [5.41, 5.74) is 0.301. The molecule has 3 aromatic rings. The van der Waals surface area contributed by atoms with E-state index in [0.717, 1.165) is 0 Å². The van der Waals surface area contributed by atoms with Crippen molar-refractivity contribution in [2.45, 2.75) is 19.6 Å². The summed E-state index contributed by atoms with van der Waals surface area (Å²) >= 11 is 0. The van der Waals surface area contributed by atoms with Crippen molar-refractivity contribution in [3.63, 3.8) is 0 Å². The van der Waals surface area contributed by atoms with Crippen LogP contribution in [0.15, 0.2) is 66.9 Å². The predicted molar refractivity (Wildman–Crippen MR) is 89.1 cm³/mol. The molecule has 0 amide bonds. The number of halogens is 1. The second kappa shape index (κ2) is 6.52. The van der Waals surface area contributed by atoms with Crippen LogP contribution in [0.5, 0.6) is 0 Å². The first-order valence-corrected chi connectivity index (χ1v) is 6.78. The van der Waals surface area contributed by atoms with Gasteiger partial charge in [-0.3, -0.25) is 4.98 Å². The summed E-state index contributed by atoms with van der Waals surface area (Å²) < 4.78 is 70.5. The Morgan fingerprint density at radius 2 is 1.77 bits per heavy atom. The molecule has 0 atom stereocenters. The zero-order valence-electron chi connectivity index (χ0n) is 18.7. The second-order valence-electron chi connectivity index (χ2n) is 4.68. The minimum atomic E-state index is -3.26. The molecule has 0 spiro atoms. The van der Waals surface area contributed by atoms with Gasteiger partial charge in [0.2, 0.25) is 0 Å². The summed E-state index contributed by atoms with van der Waals surface area (Å²) in [6.07, 6.45) is -4.89. The number of benzene rings is 2. The quantitative estimate of drug-likeness (QED) is 0.619. The normalized spacial score (nSPS) is 17.2. The Labute approximate surface area is 140 Å². The molecule has 0 aliphatic heterocycles. The molecule has 0 N–H and O–H groups in total. The zero-order valence-corrected chi connectivity index (χ0v) is 11.7. The van der Waals surface area contributed by atoms with Crippen LogP contribution < -0.4 is 0 Å². The Balaban J connectivity index is 2.41. The van der Waals surface area contributed by atoms with Gasteiger partial charge < -0.3 is 0 Å². The van der Waals surface area contributed by atoms with Gasteiger partial charge in [0.15, 0.2) is 0 Å². The molecule has 0 saturated heterocycles. The third-order valence-corrected chi connectivity index (χ3v) is 3.35. The highest BCUT2D eigenvalue weighted by Gasteiger charge is 2.14. The van der Waals surface area contributed by atoms with Crippen LogP contribution in [0.4, 0.5) is 4.39 Å². The Hall–Kier alpha value is -2.48. The van der Waals surface area contributed by atoms with Crippen molar-refractivity contribution in [2.75, 3.05) is 0 Å². The van der Waals surface area contributed by atoms with Crippen LogP contribution in [-0.2, 0) is 6.37 Å². The summed E-state index contributed by atoms with van der Waals surface area (Å²) in [5, 5.41) is 0. The van der Waals surface area contributed by atoms with Crippen LogP contribution in [0, 0.1) is 5.82 Å². The van der Waals surface area contributed by atoms with Crippen molar-refractivity contribution in [1.82, 2.24) is 4.98 Å². The van der Waals surface area contributed by atoms with Crippen LogP contribution in [0.2, 0.25) is 0 Å². The largest absolute Gasteiger partial charge is 0.256 e. The second-order valence-corrected chi connectivity index (χ2v) is 4.68. The van der Waals surface area contributed by atoms with Gasteiger partial charge >= 0.3 is 0 Å². The average molecular weight is 298 g/mol. The Kier molecular flexibility index (Phi) is 2.44. The van der Waals surface area contributed by atoms with Crippen LogP contribution in [0.25, 0.3) is 22.4 Å². The number of rotatable bonds is 4. The van der Waals surface area contributed by atoms with Gasteiger partial charge in [0.05, 0.1) is 5.69 Å². The Morgan fingerprint density at radius 3 is 2.55 bits per heavy atom. The predicted octanol–water partition coefficient (Wildman–Crippen LogP) is 5.51. The van der Waals surface area contributed by atoms with E-state index >= 15 is 0 Å². The highest BCUT2D eigenvalue weighted by Crippen LogP contribution is 2.32. The summed E-state index contributed by atoms with van der Waals surface area (Å²) in [6.45, 7) is -3.26. The molecule has 3 rings (SSSR count). The summed E-state index contributed by atoms with van der Waals surface area (Å²) in [4.78, 5) is 4.13. The molecule has 0 aliphatic carbocycles. The first-order valence-electron chi connectivity index (χ1n) is 10.3. The molecule has 0 aliphatic rings. The van der Waals surface area contributed by atoms with Crippen molar-refractivity contribution in [1.29, 1.82) is 0 Å². The molecule has 0 fully saturated rings. The first-order chi connectivity index (χ1) is 13.5. The minimum absolute atomic E-state index is 0.0366. The van der Waals surface area contributed by atoms with E-state index in [9.17, 15) is 4.39 Å². The van der Waals surface area contributed by atoms with Gasteiger partial charge in [0.25, 0.3) is 0 Å². The van der Waals surface area contributed by atoms with E-state index in [-0.39, 0.29) is 22.4 Å². The van der Waals surface area contributed by atoms with Gasteiger partial charge in [-0.1, -0.05) is 55.7 Å². The van der Waals surface area contributed by atoms with Crippen LogP contribution >= 0.6 is 0 Å². The molecule has 1 nitrogen and oxygen atoms in total. The maximum Gasteiger partial charge on any atom is 0.132 e. The molecule has 0 bridgehead atoms. The maximum atomic E-state index is 14.5. The van der Waals surface area contributed by atoms with Crippen molar-refractivity contribution in [2.24, 2.45) is 0 Å². The smallest absolute Gasteiger partial charge is 0.132 e. The number of pyridine rings is 1. The van der Waals surface area contributed by atoms with Crippen LogP contribution in [-0.4, -0.2) is 4.98 Å². The molecule has 2 heteroatoms. The Morgan fingerprint density at radius 1 is 1.00 bits per heavy atom. The van der Waals surface area contributed by atoms with Crippen LogP contribution in [0.3, 0.4) is 0 Å². The molecule has 0 unspecified atom stereocenters. The van der Waals surface area contributed by atoms with E-state index in [1.807, 2.05) is 0 Å². The lowest BCUT2D eigenvalue weighted by Gasteiger charge is -2.14. The maximum absolute atomic E-state index is 14.5. The van der Waals surface area contributed by atoms with E-state index in [2.05, 4.69) is 4.98 Å². The third kappa shape index (κ3) is 2.77. The summed E-state index contributed by atoms with van der Waals surface area (Å²) in [6, 6.07) is 15.6. The molecular weight excluding hydrogens is 273 g/mol. The lowest BCUT2D eigenvalue weighted by Crippen LogP contribution is -1.98. The van der Waals surface area contributed by atoms with E-state index in [1.165, 1.54) is 30.5 Å².